The van der Waals surface area contributed by atoms with Crippen molar-refractivity contribution >= 4 is 87.2 Å². The molecule has 0 radical (unpaired) electrons. The van der Waals surface area contributed by atoms with Crippen molar-refractivity contribution in [1.82, 2.24) is 38.2 Å². The van der Waals surface area contributed by atoms with Crippen LogP contribution in [-0.4, -0.2) is 38.2 Å². The predicted molar refractivity (Wildman–Crippen MR) is 316 cm³/mol. The summed E-state index contributed by atoms with van der Waals surface area (Å²) in [4.78, 5) is 21.0. The summed E-state index contributed by atoms with van der Waals surface area (Å²) in [7, 11) is 0. The minimum atomic E-state index is 0.739. The lowest BCUT2D eigenvalue weighted by molar-refractivity contribution is 0.958. The number of para-hydroxylation sites is 3. The average molecular weight is 985 g/mol. The predicted octanol–water partition coefficient (Wildman–Crippen LogP) is 17.0. The van der Waals surface area contributed by atoms with Crippen LogP contribution in [0.25, 0.3) is 144 Å². The Bertz CT molecular complexity index is 4800. The van der Waals surface area contributed by atoms with Gasteiger partial charge in [0.2, 0.25) is 0 Å². The van der Waals surface area contributed by atoms with Crippen molar-refractivity contribution in [2.24, 2.45) is 0 Å². The van der Waals surface area contributed by atoms with E-state index in [0.29, 0.717) is 0 Å². The maximum atomic E-state index is 6.39. The molecule has 0 fully saturated rings. The average Bonchev–Trinajstić information content (AvgIpc) is 4.33. The van der Waals surface area contributed by atoms with Crippen molar-refractivity contribution in [1.29, 1.82) is 0 Å². The number of rotatable bonds is 7. The normalized spacial score (nSPS) is 12.0. The first kappa shape index (κ1) is 43.0. The van der Waals surface area contributed by atoms with Crippen LogP contribution in [-0.2, 0) is 0 Å². The van der Waals surface area contributed by atoms with Crippen LogP contribution < -0.4 is 0 Å². The van der Waals surface area contributed by atoms with E-state index in [4.69, 9.17) is 19.9 Å². The molecule has 0 unspecified atom stereocenters. The number of hydrogen-bond acceptors (Lipinski definition) is 4. The highest BCUT2D eigenvalue weighted by Crippen LogP contribution is 2.49. The number of fused-ring (bicyclic) bond motifs is 12. The molecule has 0 spiro atoms. The van der Waals surface area contributed by atoms with Crippen LogP contribution in [0, 0.1) is 6.92 Å². The third-order valence-electron chi connectivity index (χ3n) is 15.8. The van der Waals surface area contributed by atoms with Gasteiger partial charge in [0.05, 0.1) is 62.7 Å². The minimum absolute atomic E-state index is 0.739. The van der Waals surface area contributed by atoms with E-state index in [9.17, 15) is 0 Å². The van der Waals surface area contributed by atoms with Gasteiger partial charge in [0, 0.05) is 67.2 Å². The third kappa shape index (κ3) is 6.33. The zero-order chi connectivity index (χ0) is 50.7. The molecule has 0 aliphatic carbocycles. The summed E-state index contributed by atoms with van der Waals surface area (Å²) in [5.74, 6) is 1.49. The molecular formula is C69H44N8. The van der Waals surface area contributed by atoms with E-state index in [1.54, 1.807) is 0 Å². The zero-order valence-electron chi connectivity index (χ0n) is 41.7. The Morgan fingerprint density at radius 1 is 0.286 bits per heavy atom. The lowest BCUT2D eigenvalue weighted by Gasteiger charge is -2.27. The number of benzene rings is 8. The first-order valence-corrected chi connectivity index (χ1v) is 26.0. The van der Waals surface area contributed by atoms with Gasteiger partial charge in [0.25, 0.3) is 0 Å². The van der Waals surface area contributed by atoms with E-state index in [2.05, 4.69) is 238 Å². The second-order valence-electron chi connectivity index (χ2n) is 19.9. The number of pyridine rings is 4. The quantitative estimate of drug-likeness (QED) is 0.159. The van der Waals surface area contributed by atoms with E-state index in [1.165, 1.54) is 0 Å². The van der Waals surface area contributed by atoms with Crippen molar-refractivity contribution in [3.63, 3.8) is 0 Å². The largest absolute Gasteiger partial charge is 0.304 e. The molecule has 0 saturated carbocycles. The van der Waals surface area contributed by atoms with Crippen LogP contribution >= 0.6 is 0 Å². The van der Waals surface area contributed by atoms with Gasteiger partial charge in [-0.3, -0.25) is 24.1 Å². The van der Waals surface area contributed by atoms with Gasteiger partial charge in [-0.1, -0.05) is 152 Å². The standard InChI is InChI=1S/C69H44N8/c1-43-16-8-9-21-48(43)65-66(74-57-25-13-10-22-49(57)52-32-35-70-40-62(52)74)68(76-60-30-28-46(44-17-4-2-5-18-44)38-55(60)56-39-47(29-31-61(56)76)45-19-6-3-7-20-45)73-69(77-59-27-15-12-24-51(59)54-34-37-72-42-64(54)77)67(65)75-58-26-14-11-23-50(58)53-33-36-71-41-63(53)75/h2-42H,1H3. The first-order valence-electron chi connectivity index (χ1n) is 26.0. The summed E-state index contributed by atoms with van der Waals surface area (Å²) in [6.45, 7) is 2.23. The van der Waals surface area contributed by atoms with Crippen molar-refractivity contribution in [2.75, 3.05) is 0 Å². The molecule has 8 heterocycles. The monoisotopic (exact) mass is 984 g/mol. The molecule has 0 N–H and O–H groups in total. The number of aryl methyl sites for hydroxylation is 1. The van der Waals surface area contributed by atoms with Crippen molar-refractivity contribution in [3.8, 4) is 56.4 Å². The van der Waals surface area contributed by atoms with E-state index in [-0.39, 0.29) is 0 Å². The van der Waals surface area contributed by atoms with Gasteiger partial charge in [-0.05, 0) is 101 Å². The molecule has 0 amide bonds. The van der Waals surface area contributed by atoms with Crippen LogP contribution in [0.4, 0.5) is 0 Å². The second-order valence-corrected chi connectivity index (χ2v) is 19.9. The SMILES string of the molecule is Cc1ccccc1-c1c(-n2c3ccccc3c3ccncc32)c(-n2c3ccc(-c4ccccc4)cc3c3cc(-c4ccccc4)ccc32)nc(-n2c3ccccc3c3ccncc32)c1-n1c2ccccc2c2ccncc21. The number of aromatic nitrogens is 8. The molecule has 8 aromatic heterocycles. The lowest BCUT2D eigenvalue weighted by Crippen LogP contribution is -2.16. The maximum absolute atomic E-state index is 6.39. The Morgan fingerprint density at radius 3 is 1.12 bits per heavy atom. The van der Waals surface area contributed by atoms with E-state index >= 15 is 0 Å². The Kier molecular flexibility index (Phi) is 9.38. The summed E-state index contributed by atoms with van der Waals surface area (Å²) in [6.07, 6.45) is 11.7. The Hall–Kier alpha value is -10.4. The molecule has 8 heteroatoms. The highest BCUT2D eigenvalue weighted by molar-refractivity contribution is 6.16. The van der Waals surface area contributed by atoms with E-state index < -0.39 is 0 Å². The molecular weight excluding hydrogens is 941 g/mol. The third-order valence-corrected chi connectivity index (χ3v) is 15.8. The van der Waals surface area contributed by atoms with Gasteiger partial charge < -0.3 is 9.13 Å². The van der Waals surface area contributed by atoms with Gasteiger partial charge in [-0.25, -0.2) is 4.98 Å². The molecule has 0 saturated heterocycles. The fraction of sp³-hybridized carbons (Fsp3) is 0.0145. The second kappa shape index (κ2) is 16.8. The molecule has 0 bridgehead atoms. The smallest absolute Gasteiger partial charge is 0.165 e. The number of nitrogens with zero attached hydrogens (tertiary/aromatic N) is 8. The topological polar surface area (TPSA) is 71.3 Å². The van der Waals surface area contributed by atoms with Gasteiger partial charge in [0.15, 0.2) is 11.6 Å². The van der Waals surface area contributed by atoms with Gasteiger partial charge in [-0.2, -0.15) is 0 Å². The van der Waals surface area contributed by atoms with Crippen molar-refractivity contribution in [3.05, 3.63) is 255 Å². The van der Waals surface area contributed by atoms with Crippen molar-refractivity contribution < 1.29 is 0 Å². The molecule has 77 heavy (non-hydrogen) atoms. The molecule has 0 aliphatic heterocycles. The van der Waals surface area contributed by atoms with Crippen LogP contribution in [0.5, 0.6) is 0 Å². The van der Waals surface area contributed by atoms with Crippen molar-refractivity contribution in [2.45, 2.75) is 6.92 Å². The molecule has 0 aliphatic rings. The van der Waals surface area contributed by atoms with Gasteiger partial charge in [0.1, 0.15) is 11.4 Å². The molecule has 8 nitrogen and oxygen atoms in total. The summed E-state index contributed by atoms with van der Waals surface area (Å²) in [5, 5.41) is 8.86. The zero-order valence-corrected chi connectivity index (χ0v) is 41.7. The van der Waals surface area contributed by atoms with Crippen LogP contribution in [0.1, 0.15) is 5.56 Å². The molecule has 16 aromatic rings. The van der Waals surface area contributed by atoms with E-state index in [0.717, 1.165) is 149 Å². The van der Waals surface area contributed by atoms with Crippen LogP contribution in [0.3, 0.4) is 0 Å². The van der Waals surface area contributed by atoms with Gasteiger partial charge in [-0.15, -0.1) is 0 Å². The summed E-state index contributed by atoms with van der Waals surface area (Å²) in [5.41, 5.74) is 17.6. The minimum Gasteiger partial charge on any atom is -0.304 e. The summed E-state index contributed by atoms with van der Waals surface area (Å²) >= 11 is 0. The highest BCUT2D eigenvalue weighted by Gasteiger charge is 2.33. The lowest BCUT2D eigenvalue weighted by atomic mass is 9.96. The molecule has 8 aromatic carbocycles. The molecule has 16 rings (SSSR count). The summed E-state index contributed by atoms with van der Waals surface area (Å²) < 4.78 is 9.63. The molecule has 360 valence electrons. The summed E-state index contributed by atoms with van der Waals surface area (Å²) in [6, 6.07) is 76.5. The Morgan fingerprint density at radius 2 is 0.649 bits per heavy atom. The molecule has 0 atom stereocenters. The first-order chi connectivity index (χ1) is 38.2. The highest BCUT2D eigenvalue weighted by atomic mass is 15.2. The maximum Gasteiger partial charge on any atom is 0.165 e. The van der Waals surface area contributed by atoms with E-state index in [1.807, 2.05) is 37.2 Å². The fourth-order valence-corrected chi connectivity index (χ4v) is 12.4. The van der Waals surface area contributed by atoms with Crippen LogP contribution in [0.2, 0.25) is 0 Å². The Labute approximate surface area is 441 Å². The Balaban J connectivity index is 1.20. The number of hydrogen-bond donors (Lipinski definition) is 0. The van der Waals surface area contributed by atoms with Gasteiger partial charge >= 0.3 is 0 Å². The fourth-order valence-electron chi connectivity index (χ4n) is 12.4. The van der Waals surface area contributed by atoms with Crippen LogP contribution in [0.15, 0.2) is 250 Å².